The lowest BCUT2D eigenvalue weighted by Gasteiger charge is -2.22. The molecule has 17 heavy (non-hydrogen) atoms. The summed E-state index contributed by atoms with van der Waals surface area (Å²) in [6.07, 6.45) is 3.26. The largest absolute Gasteiger partial charge is 0.348 e. The second-order valence-corrected chi connectivity index (χ2v) is 5.76. The molecule has 0 bridgehead atoms. The van der Waals surface area contributed by atoms with Gasteiger partial charge in [0.15, 0.2) is 0 Å². The highest BCUT2D eigenvalue weighted by molar-refractivity contribution is 7.11. The quantitative estimate of drug-likeness (QED) is 0.858. The summed E-state index contributed by atoms with van der Waals surface area (Å²) in [7, 11) is 0. The number of amides is 1. The topological polar surface area (TPSA) is 54.0 Å². The average Bonchev–Trinajstić information content (AvgIpc) is 2.67. The number of nitrogens with one attached hydrogen (secondary N) is 2. The Morgan fingerprint density at radius 1 is 1.53 bits per heavy atom. The number of carbonyl (C=O) groups is 1. The minimum absolute atomic E-state index is 0.00842. The molecule has 0 saturated carbocycles. The van der Waals surface area contributed by atoms with Gasteiger partial charge >= 0.3 is 0 Å². The molecule has 1 aliphatic heterocycles. The lowest BCUT2D eigenvalue weighted by atomic mass is 10.0. The van der Waals surface area contributed by atoms with Gasteiger partial charge in [0.05, 0.1) is 18.3 Å². The van der Waals surface area contributed by atoms with Crippen LogP contribution in [0.2, 0.25) is 0 Å². The molecule has 1 amide bonds. The van der Waals surface area contributed by atoms with Crippen molar-refractivity contribution in [1.29, 1.82) is 0 Å². The molecular weight excluding hydrogens is 234 g/mol. The Bertz CT molecular complexity index is 377. The molecule has 5 heteroatoms. The fourth-order valence-corrected chi connectivity index (χ4v) is 2.85. The molecule has 1 aliphatic rings. The van der Waals surface area contributed by atoms with Crippen molar-refractivity contribution in [3.8, 4) is 0 Å². The van der Waals surface area contributed by atoms with Crippen molar-refractivity contribution in [3.63, 3.8) is 0 Å². The molecule has 1 unspecified atom stereocenters. The van der Waals surface area contributed by atoms with Crippen molar-refractivity contribution < 1.29 is 4.79 Å². The predicted octanol–water partition coefficient (Wildman–Crippen LogP) is 1.52. The Kier molecular flexibility index (Phi) is 4.12. The lowest BCUT2D eigenvalue weighted by Crippen LogP contribution is -2.46. The van der Waals surface area contributed by atoms with Crippen LogP contribution in [0.15, 0.2) is 0 Å². The number of rotatable bonds is 3. The summed E-state index contributed by atoms with van der Waals surface area (Å²) < 4.78 is 0. The number of nitrogens with zero attached hydrogens (tertiary/aromatic N) is 1. The van der Waals surface area contributed by atoms with Gasteiger partial charge in [0.2, 0.25) is 5.91 Å². The highest BCUT2D eigenvalue weighted by atomic mass is 32.1. The zero-order chi connectivity index (χ0) is 12.3. The van der Waals surface area contributed by atoms with E-state index in [9.17, 15) is 4.79 Å². The summed E-state index contributed by atoms with van der Waals surface area (Å²) in [6.45, 7) is 5.56. The van der Waals surface area contributed by atoms with Crippen molar-refractivity contribution in [2.75, 3.05) is 6.54 Å². The second kappa shape index (κ2) is 5.60. The van der Waals surface area contributed by atoms with E-state index in [1.165, 1.54) is 11.3 Å². The number of carbonyl (C=O) groups excluding carboxylic acids is 1. The number of piperidine rings is 1. The summed E-state index contributed by atoms with van der Waals surface area (Å²) in [5.74, 6) is 0.107. The van der Waals surface area contributed by atoms with E-state index in [1.807, 2.05) is 6.92 Å². The van der Waals surface area contributed by atoms with Crippen LogP contribution in [0.4, 0.5) is 0 Å². The fourth-order valence-electron chi connectivity index (χ4n) is 1.98. The van der Waals surface area contributed by atoms with Crippen molar-refractivity contribution in [2.24, 2.45) is 0 Å². The van der Waals surface area contributed by atoms with Crippen LogP contribution >= 0.6 is 11.3 Å². The third kappa shape index (κ3) is 3.26. The SMILES string of the molecule is Cc1nc(CNC(=O)C2CCCCN2)sc1C. The van der Waals surface area contributed by atoms with Gasteiger partial charge in [-0.15, -0.1) is 11.3 Å². The summed E-state index contributed by atoms with van der Waals surface area (Å²) in [6, 6.07) is -0.00842. The molecule has 4 nitrogen and oxygen atoms in total. The maximum absolute atomic E-state index is 11.9. The molecule has 1 aromatic rings. The molecule has 0 spiro atoms. The van der Waals surface area contributed by atoms with Crippen LogP contribution in [0.1, 0.15) is 34.8 Å². The molecule has 1 atom stereocenters. The third-order valence-corrected chi connectivity index (χ3v) is 4.19. The number of aromatic nitrogens is 1. The first-order chi connectivity index (χ1) is 8.16. The van der Waals surface area contributed by atoms with Gasteiger partial charge in [-0.2, -0.15) is 0 Å². The van der Waals surface area contributed by atoms with Crippen LogP contribution < -0.4 is 10.6 Å². The van der Waals surface area contributed by atoms with Gasteiger partial charge in [0.25, 0.3) is 0 Å². The molecule has 0 aliphatic carbocycles. The maximum Gasteiger partial charge on any atom is 0.237 e. The average molecular weight is 253 g/mol. The number of hydrogen-bond acceptors (Lipinski definition) is 4. The van der Waals surface area contributed by atoms with Gasteiger partial charge in [-0.25, -0.2) is 4.98 Å². The molecule has 1 saturated heterocycles. The van der Waals surface area contributed by atoms with Crippen LogP contribution in [-0.2, 0) is 11.3 Å². The van der Waals surface area contributed by atoms with Gasteiger partial charge in [-0.1, -0.05) is 6.42 Å². The van der Waals surface area contributed by atoms with Gasteiger partial charge in [-0.3, -0.25) is 4.79 Å². The van der Waals surface area contributed by atoms with Crippen molar-refractivity contribution in [1.82, 2.24) is 15.6 Å². The van der Waals surface area contributed by atoms with Gasteiger partial charge < -0.3 is 10.6 Å². The molecular formula is C12H19N3OS. The normalized spacial score (nSPS) is 20.2. The first-order valence-corrected chi connectivity index (χ1v) is 6.92. The Hall–Kier alpha value is -0.940. The highest BCUT2D eigenvalue weighted by Gasteiger charge is 2.20. The van der Waals surface area contributed by atoms with E-state index < -0.39 is 0 Å². The Morgan fingerprint density at radius 3 is 2.94 bits per heavy atom. The van der Waals surface area contributed by atoms with E-state index in [0.29, 0.717) is 6.54 Å². The van der Waals surface area contributed by atoms with Crippen LogP contribution in [0, 0.1) is 13.8 Å². The molecule has 1 aromatic heterocycles. The molecule has 0 aromatic carbocycles. The number of hydrogen-bond donors (Lipinski definition) is 2. The van der Waals surface area contributed by atoms with E-state index in [0.717, 1.165) is 30.1 Å². The number of thiazole rings is 1. The van der Waals surface area contributed by atoms with Crippen LogP contribution in [-0.4, -0.2) is 23.5 Å². The van der Waals surface area contributed by atoms with E-state index >= 15 is 0 Å². The highest BCUT2D eigenvalue weighted by Crippen LogP contribution is 2.16. The van der Waals surface area contributed by atoms with Crippen LogP contribution in [0.25, 0.3) is 0 Å². The van der Waals surface area contributed by atoms with Crippen LogP contribution in [0.5, 0.6) is 0 Å². The predicted molar refractivity (Wildman–Crippen MR) is 69.1 cm³/mol. The summed E-state index contributed by atoms with van der Waals surface area (Å²) in [5, 5.41) is 7.19. The van der Waals surface area contributed by atoms with Crippen molar-refractivity contribution >= 4 is 17.2 Å². The zero-order valence-electron chi connectivity index (χ0n) is 10.4. The van der Waals surface area contributed by atoms with Crippen molar-refractivity contribution in [2.45, 2.75) is 45.7 Å². The zero-order valence-corrected chi connectivity index (χ0v) is 11.2. The standard InChI is InChI=1S/C12H19N3OS/c1-8-9(2)17-11(15-8)7-14-12(16)10-5-3-4-6-13-10/h10,13H,3-7H2,1-2H3,(H,14,16). The monoisotopic (exact) mass is 253 g/mol. The molecule has 2 heterocycles. The second-order valence-electron chi connectivity index (χ2n) is 4.47. The third-order valence-electron chi connectivity index (χ3n) is 3.11. The van der Waals surface area contributed by atoms with E-state index in [2.05, 4.69) is 22.5 Å². The summed E-state index contributed by atoms with van der Waals surface area (Å²) in [4.78, 5) is 17.5. The van der Waals surface area contributed by atoms with Gasteiger partial charge in [0.1, 0.15) is 5.01 Å². The Morgan fingerprint density at radius 2 is 2.35 bits per heavy atom. The fraction of sp³-hybridized carbons (Fsp3) is 0.667. The Balaban J connectivity index is 1.83. The minimum Gasteiger partial charge on any atom is -0.348 e. The minimum atomic E-state index is -0.00842. The summed E-state index contributed by atoms with van der Waals surface area (Å²) >= 11 is 1.66. The molecule has 2 rings (SSSR count). The van der Waals surface area contributed by atoms with Gasteiger partial charge in [-0.05, 0) is 33.2 Å². The number of aryl methyl sites for hydroxylation is 2. The molecule has 94 valence electrons. The Labute approximate surface area is 106 Å². The van der Waals surface area contributed by atoms with Gasteiger partial charge in [0, 0.05) is 4.88 Å². The van der Waals surface area contributed by atoms with E-state index in [-0.39, 0.29) is 11.9 Å². The molecule has 2 N–H and O–H groups in total. The molecule has 0 radical (unpaired) electrons. The maximum atomic E-state index is 11.9. The first-order valence-electron chi connectivity index (χ1n) is 6.11. The smallest absolute Gasteiger partial charge is 0.237 e. The van der Waals surface area contributed by atoms with Crippen LogP contribution in [0.3, 0.4) is 0 Å². The van der Waals surface area contributed by atoms with Crippen molar-refractivity contribution in [3.05, 3.63) is 15.6 Å². The summed E-state index contributed by atoms with van der Waals surface area (Å²) in [5.41, 5.74) is 1.06. The van der Waals surface area contributed by atoms with E-state index in [4.69, 9.17) is 0 Å². The van der Waals surface area contributed by atoms with E-state index in [1.54, 1.807) is 11.3 Å². The first kappa shape index (κ1) is 12.5. The lowest BCUT2D eigenvalue weighted by molar-refractivity contribution is -0.123. The molecule has 1 fully saturated rings.